The Morgan fingerprint density at radius 1 is 1.50 bits per heavy atom. The number of nitrogens with zero attached hydrogens (tertiary/aromatic N) is 2. The van der Waals surface area contributed by atoms with Gasteiger partial charge in [0.05, 0.1) is 5.56 Å². The predicted molar refractivity (Wildman–Crippen MR) is 76.0 cm³/mol. The molecule has 0 spiro atoms. The molecule has 1 amide bonds. The number of pyridine rings is 1. The lowest BCUT2D eigenvalue weighted by Crippen LogP contribution is -2.30. The van der Waals surface area contributed by atoms with Gasteiger partial charge in [0.2, 0.25) is 5.91 Å². The second-order valence-corrected chi connectivity index (χ2v) is 4.92. The van der Waals surface area contributed by atoms with Crippen LogP contribution in [0.15, 0.2) is 12.3 Å². The summed E-state index contributed by atoms with van der Waals surface area (Å²) in [6.45, 7) is 3.39. The van der Waals surface area contributed by atoms with Crippen molar-refractivity contribution in [3.8, 4) is 6.07 Å². The van der Waals surface area contributed by atoms with Crippen molar-refractivity contribution in [2.75, 3.05) is 18.4 Å². The average Bonchev–Trinajstić information content (AvgIpc) is 3.23. The van der Waals surface area contributed by atoms with E-state index in [0.717, 1.165) is 11.4 Å². The van der Waals surface area contributed by atoms with E-state index in [-0.39, 0.29) is 5.91 Å². The summed E-state index contributed by atoms with van der Waals surface area (Å²) in [6, 6.07) is 4.48. The topological polar surface area (TPSA) is 89.8 Å². The molecule has 1 heterocycles. The molecule has 0 radical (unpaired) electrons. The highest BCUT2D eigenvalue weighted by Crippen LogP contribution is 2.25. The van der Waals surface area contributed by atoms with Crippen LogP contribution in [0.3, 0.4) is 0 Å². The molecule has 2 rings (SSSR count). The van der Waals surface area contributed by atoms with Crippen molar-refractivity contribution in [2.45, 2.75) is 32.4 Å². The minimum Gasteiger partial charge on any atom is -0.367 e. The summed E-state index contributed by atoms with van der Waals surface area (Å²) in [5.41, 5.74) is 1.55. The highest BCUT2D eigenvalue weighted by atomic mass is 16.1. The summed E-state index contributed by atoms with van der Waals surface area (Å²) >= 11 is 0. The van der Waals surface area contributed by atoms with Crippen molar-refractivity contribution in [3.05, 3.63) is 23.4 Å². The Balaban J connectivity index is 1.89. The van der Waals surface area contributed by atoms with Crippen molar-refractivity contribution >= 4 is 11.7 Å². The fraction of sp³-hybridized carbons (Fsp3) is 0.500. The molecule has 1 saturated carbocycles. The first-order valence-electron chi connectivity index (χ1n) is 6.79. The highest BCUT2D eigenvalue weighted by molar-refractivity contribution is 5.72. The largest absolute Gasteiger partial charge is 0.367 e. The number of nitriles is 1. The highest BCUT2D eigenvalue weighted by Gasteiger charge is 2.22. The van der Waals surface area contributed by atoms with E-state index in [4.69, 9.17) is 5.26 Å². The van der Waals surface area contributed by atoms with Gasteiger partial charge in [-0.25, -0.2) is 4.98 Å². The fourth-order valence-electron chi connectivity index (χ4n) is 1.81. The van der Waals surface area contributed by atoms with Crippen molar-refractivity contribution in [3.63, 3.8) is 0 Å². The van der Waals surface area contributed by atoms with Crippen LogP contribution in [0.4, 0.5) is 5.82 Å². The van der Waals surface area contributed by atoms with Crippen LogP contribution >= 0.6 is 0 Å². The van der Waals surface area contributed by atoms with E-state index < -0.39 is 0 Å². The molecule has 106 valence electrons. The summed E-state index contributed by atoms with van der Waals surface area (Å²) in [7, 11) is 0. The number of carbonyl (C=O) groups is 1. The van der Waals surface area contributed by atoms with E-state index in [0.29, 0.717) is 31.2 Å². The third-order valence-corrected chi connectivity index (χ3v) is 3.01. The fourth-order valence-corrected chi connectivity index (χ4v) is 1.81. The summed E-state index contributed by atoms with van der Waals surface area (Å²) in [6.07, 6.45) is 3.94. The molecule has 20 heavy (non-hydrogen) atoms. The summed E-state index contributed by atoms with van der Waals surface area (Å²) < 4.78 is 0. The van der Waals surface area contributed by atoms with Gasteiger partial charge in [0.15, 0.2) is 0 Å². The zero-order valence-corrected chi connectivity index (χ0v) is 11.6. The van der Waals surface area contributed by atoms with Gasteiger partial charge in [-0.2, -0.15) is 5.26 Å². The van der Waals surface area contributed by atoms with Crippen LogP contribution in [-0.4, -0.2) is 30.0 Å². The molecule has 0 unspecified atom stereocenters. The minimum absolute atomic E-state index is 0.0315. The van der Waals surface area contributed by atoms with Gasteiger partial charge < -0.3 is 16.0 Å². The quantitative estimate of drug-likeness (QED) is 0.638. The summed E-state index contributed by atoms with van der Waals surface area (Å²) in [4.78, 5) is 15.1. The van der Waals surface area contributed by atoms with Crippen LogP contribution in [0.2, 0.25) is 0 Å². The van der Waals surface area contributed by atoms with Gasteiger partial charge in [-0.1, -0.05) is 0 Å². The van der Waals surface area contributed by atoms with Crippen molar-refractivity contribution in [1.82, 2.24) is 15.6 Å². The standard InChI is InChI=1S/C14H19N5O/c1-10(20)17-5-4-16-9-12-6-11(7-15)8-18-14(12)19-13-2-3-13/h6,8,13,16H,2-5,9H2,1H3,(H,17,20)(H,18,19). The molecule has 0 aromatic carbocycles. The first-order valence-corrected chi connectivity index (χ1v) is 6.79. The average molecular weight is 273 g/mol. The lowest BCUT2D eigenvalue weighted by Gasteiger charge is -2.11. The van der Waals surface area contributed by atoms with Gasteiger partial charge in [0, 0.05) is 44.4 Å². The molecule has 0 atom stereocenters. The van der Waals surface area contributed by atoms with Crippen LogP contribution in [-0.2, 0) is 11.3 Å². The number of anilines is 1. The third-order valence-electron chi connectivity index (χ3n) is 3.01. The lowest BCUT2D eigenvalue weighted by molar-refractivity contribution is -0.118. The lowest BCUT2D eigenvalue weighted by atomic mass is 10.2. The molecule has 0 aliphatic heterocycles. The Bertz CT molecular complexity index is 519. The molecule has 1 fully saturated rings. The van der Waals surface area contributed by atoms with E-state index in [1.165, 1.54) is 19.8 Å². The molecular formula is C14H19N5O. The second-order valence-electron chi connectivity index (χ2n) is 4.92. The van der Waals surface area contributed by atoms with Crippen LogP contribution in [0.25, 0.3) is 0 Å². The van der Waals surface area contributed by atoms with E-state index >= 15 is 0 Å². The Morgan fingerprint density at radius 3 is 2.95 bits per heavy atom. The van der Waals surface area contributed by atoms with Gasteiger partial charge in [-0.15, -0.1) is 0 Å². The zero-order chi connectivity index (χ0) is 14.4. The maximum atomic E-state index is 10.7. The number of carbonyl (C=O) groups excluding carboxylic acids is 1. The van der Waals surface area contributed by atoms with E-state index in [1.807, 2.05) is 6.07 Å². The van der Waals surface area contributed by atoms with Crippen LogP contribution < -0.4 is 16.0 Å². The monoisotopic (exact) mass is 273 g/mol. The number of hydrogen-bond acceptors (Lipinski definition) is 5. The number of amides is 1. The molecule has 0 bridgehead atoms. The van der Waals surface area contributed by atoms with Crippen LogP contribution in [0, 0.1) is 11.3 Å². The minimum atomic E-state index is -0.0315. The molecule has 6 heteroatoms. The molecule has 1 aromatic heterocycles. The Kier molecular flexibility index (Phi) is 4.91. The number of aromatic nitrogens is 1. The summed E-state index contributed by atoms with van der Waals surface area (Å²) in [5, 5.41) is 18.3. The molecule has 3 N–H and O–H groups in total. The molecular weight excluding hydrogens is 254 g/mol. The normalized spacial score (nSPS) is 13.6. The smallest absolute Gasteiger partial charge is 0.216 e. The zero-order valence-electron chi connectivity index (χ0n) is 11.6. The van der Waals surface area contributed by atoms with Gasteiger partial charge in [0.1, 0.15) is 11.9 Å². The Morgan fingerprint density at radius 2 is 2.30 bits per heavy atom. The van der Waals surface area contributed by atoms with Crippen molar-refractivity contribution in [1.29, 1.82) is 5.26 Å². The van der Waals surface area contributed by atoms with E-state index in [9.17, 15) is 4.79 Å². The Labute approximate surface area is 118 Å². The van der Waals surface area contributed by atoms with Gasteiger partial charge in [-0.05, 0) is 18.9 Å². The van der Waals surface area contributed by atoms with E-state index in [1.54, 1.807) is 6.20 Å². The second kappa shape index (κ2) is 6.87. The van der Waals surface area contributed by atoms with Gasteiger partial charge in [-0.3, -0.25) is 4.79 Å². The Hall–Kier alpha value is -2.13. The number of rotatable bonds is 7. The molecule has 1 aliphatic carbocycles. The van der Waals surface area contributed by atoms with Crippen LogP contribution in [0.1, 0.15) is 30.9 Å². The van der Waals surface area contributed by atoms with Gasteiger partial charge in [0.25, 0.3) is 0 Å². The maximum Gasteiger partial charge on any atom is 0.216 e. The van der Waals surface area contributed by atoms with E-state index in [2.05, 4.69) is 27.0 Å². The van der Waals surface area contributed by atoms with Gasteiger partial charge >= 0.3 is 0 Å². The number of hydrogen-bond donors (Lipinski definition) is 3. The first kappa shape index (κ1) is 14.3. The SMILES string of the molecule is CC(=O)NCCNCc1cc(C#N)cnc1NC1CC1. The molecule has 1 aromatic rings. The van der Waals surface area contributed by atoms with Crippen molar-refractivity contribution < 1.29 is 4.79 Å². The predicted octanol–water partition coefficient (Wildman–Crippen LogP) is 0.753. The van der Waals surface area contributed by atoms with Crippen LogP contribution in [0.5, 0.6) is 0 Å². The molecule has 1 aliphatic rings. The molecule has 0 saturated heterocycles. The third kappa shape index (κ3) is 4.52. The van der Waals surface area contributed by atoms with Crippen molar-refractivity contribution in [2.24, 2.45) is 0 Å². The molecule has 6 nitrogen and oxygen atoms in total. The first-order chi connectivity index (χ1) is 9.69. The maximum absolute atomic E-state index is 10.7. The number of nitrogens with one attached hydrogen (secondary N) is 3. The summed E-state index contributed by atoms with van der Waals surface area (Å²) in [5.74, 6) is 0.814.